The molecule has 0 aromatic heterocycles. The van der Waals surface area contributed by atoms with E-state index in [9.17, 15) is 4.79 Å². The standard InChI is InChI=1S/C3H9N3O/c4-6-2-1-5-3-7/h3,6H,1-2,4H2,(H,5,7). The molecule has 0 atom stereocenters. The number of hydrogen-bond donors (Lipinski definition) is 3. The first-order valence-corrected chi connectivity index (χ1v) is 2.02. The highest BCUT2D eigenvalue weighted by atomic mass is 16.1. The van der Waals surface area contributed by atoms with E-state index in [1.54, 1.807) is 0 Å². The second kappa shape index (κ2) is 5.39. The van der Waals surface area contributed by atoms with Crippen LogP contribution < -0.4 is 16.6 Å². The summed E-state index contributed by atoms with van der Waals surface area (Å²) in [5.74, 6) is 4.86. The smallest absolute Gasteiger partial charge is 0.207 e. The first kappa shape index (κ1) is 6.39. The lowest BCUT2D eigenvalue weighted by atomic mass is 10.7. The van der Waals surface area contributed by atoms with Crippen molar-refractivity contribution in [3.8, 4) is 0 Å². The number of amides is 1. The summed E-state index contributed by atoms with van der Waals surface area (Å²) in [6.45, 7) is 1.19. The molecule has 4 heteroatoms. The summed E-state index contributed by atoms with van der Waals surface area (Å²) in [7, 11) is 0. The van der Waals surface area contributed by atoms with Gasteiger partial charge >= 0.3 is 0 Å². The maximum absolute atomic E-state index is 9.50. The zero-order valence-corrected chi connectivity index (χ0v) is 3.98. The molecule has 0 aliphatic rings. The minimum atomic E-state index is 0.583. The number of hydrazine groups is 1. The fraction of sp³-hybridized carbons (Fsp3) is 0.667. The molecule has 0 heterocycles. The quantitative estimate of drug-likeness (QED) is 0.170. The van der Waals surface area contributed by atoms with Gasteiger partial charge in [0.1, 0.15) is 0 Å². The molecule has 0 saturated carbocycles. The van der Waals surface area contributed by atoms with Crippen LogP contribution in [-0.4, -0.2) is 19.5 Å². The molecule has 0 fully saturated rings. The number of carbonyl (C=O) groups is 1. The van der Waals surface area contributed by atoms with Gasteiger partial charge in [0.25, 0.3) is 0 Å². The number of rotatable bonds is 4. The van der Waals surface area contributed by atoms with Crippen LogP contribution in [0.4, 0.5) is 0 Å². The van der Waals surface area contributed by atoms with Gasteiger partial charge in [-0.15, -0.1) is 0 Å². The third-order valence-electron chi connectivity index (χ3n) is 0.497. The van der Waals surface area contributed by atoms with E-state index in [0.29, 0.717) is 19.5 Å². The van der Waals surface area contributed by atoms with Crippen LogP contribution in [0.2, 0.25) is 0 Å². The topological polar surface area (TPSA) is 67.2 Å². The Balaban J connectivity index is 2.56. The molecule has 0 rings (SSSR count). The third kappa shape index (κ3) is 5.39. The van der Waals surface area contributed by atoms with Crippen molar-refractivity contribution in [3.05, 3.63) is 0 Å². The third-order valence-corrected chi connectivity index (χ3v) is 0.497. The molecule has 0 aliphatic heterocycles. The number of hydrogen-bond acceptors (Lipinski definition) is 3. The van der Waals surface area contributed by atoms with Gasteiger partial charge in [-0.1, -0.05) is 0 Å². The first-order valence-electron chi connectivity index (χ1n) is 2.02. The lowest BCUT2D eigenvalue weighted by molar-refractivity contribution is -0.109. The minimum Gasteiger partial charge on any atom is -0.357 e. The minimum absolute atomic E-state index is 0.583. The first-order chi connectivity index (χ1) is 3.41. The molecular formula is C3H9N3O. The van der Waals surface area contributed by atoms with E-state index in [1.807, 2.05) is 0 Å². The van der Waals surface area contributed by atoms with Crippen LogP contribution in [-0.2, 0) is 4.79 Å². The summed E-state index contributed by atoms with van der Waals surface area (Å²) in [6.07, 6.45) is 0.636. The zero-order chi connectivity index (χ0) is 5.54. The van der Waals surface area contributed by atoms with Gasteiger partial charge in [0.05, 0.1) is 0 Å². The zero-order valence-electron chi connectivity index (χ0n) is 3.98. The van der Waals surface area contributed by atoms with Gasteiger partial charge in [-0.3, -0.25) is 16.1 Å². The molecule has 0 spiro atoms. The molecule has 4 N–H and O–H groups in total. The van der Waals surface area contributed by atoms with Crippen LogP contribution in [0.25, 0.3) is 0 Å². The van der Waals surface area contributed by atoms with Crippen LogP contribution in [0.3, 0.4) is 0 Å². The van der Waals surface area contributed by atoms with E-state index in [1.165, 1.54) is 0 Å². The summed E-state index contributed by atoms with van der Waals surface area (Å²) in [4.78, 5) is 9.50. The summed E-state index contributed by atoms with van der Waals surface area (Å²) < 4.78 is 0. The van der Waals surface area contributed by atoms with Crippen molar-refractivity contribution >= 4 is 6.41 Å². The van der Waals surface area contributed by atoms with E-state index in [0.717, 1.165) is 0 Å². The highest BCUT2D eigenvalue weighted by Crippen LogP contribution is 1.44. The molecule has 0 aromatic carbocycles. The normalized spacial score (nSPS) is 8.14. The van der Waals surface area contributed by atoms with E-state index in [4.69, 9.17) is 5.84 Å². The molecule has 0 aromatic rings. The van der Waals surface area contributed by atoms with Crippen LogP contribution in [0.5, 0.6) is 0 Å². The van der Waals surface area contributed by atoms with E-state index < -0.39 is 0 Å². The highest BCUT2D eigenvalue weighted by molar-refractivity contribution is 5.45. The molecule has 0 radical (unpaired) electrons. The molecule has 0 bridgehead atoms. The van der Waals surface area contributed by atoms with Crippen LogP contribution in [0, 0.1) is 0 Å². The molecule has 0 unspecified atom stereocenters. The molecule has 7 heavy (non-hydrogen) atoms. The van der Waals surface area contributed by atoms with E-state index in [2.05, 4.69) is 10.7 Å². The Kier molecular flexibility index (Phi) is 4.92. The van der Waals surface area contributed by atoms with Crippen LogP contribution in [0.15, 0.2) is 0 Å². The Bertz CT molecular complexity index is 47.4. The van der Waals surface area contributed by atoms with Gasteiger partial charge in [-0.2, -0.15) is 0 Å². The molecule has 1 amide bonds. The number of carbonyl (C=O) groups excluding carboxylic acids is 1. The summed E-state index contributed by atoms with van der Waals surface area (Å²) in [5.41, 5.74) is 2.38. The van der Waals surface area contributed by atoms with Crippen molar-refractivity contribution in [2.24, 2.45) is 5.84 Å². The van der Waals surface area contributed by atoms with E-state index >= 15 is 0 Å². The average Bonchev–Trinajstić information content (AvgIpc) is 1.69. The monoisotopic (exact) mass is 103 g/mol. The highest BCUT2D eigenvalue weighted by Gasteiger charge is 1.74. The van der Waals surface area contributed by atoms with Gasteiger partial charge in [0.15, 0.2) is 0 Å². The summed E-state index contributed by atoms with van der Waals surface area (Å²) >= 11 is 0. The van der Waals surface area contributed by atoms with Crippen molar-refractivity contribution in [1.82, 2.24) is 10.7 Å². The molecule has 0 aliphatic carbocycles. The van der Waals surface area contributed by atoms with Crippen LogP contribution in [0.1, 0.15) is 0 Å². The Hall–Kier alpha value is -0.610. The maximum atomic E-state index is 9.50. The average molecular weight is 103 g/mol. The van der Waals surface area contributed by atoms with Gasteiger partial charge in [-0.25, -0.2) is 0 Å². The lowest BCUT2D eigenvalue weighted by Gasteiger charge is -1.93. The largest absolute Gasteiger partial charge is 0.357 e. The van der Waals surface area contributed by atoms with Crippen molar-refractivity contribution in [2.45, 2.75) is 0 Å². The fourth-order valence-corrected chi connectivity index (χ4v) is 0.203. The fourth-order valence-electron chi connectivity index (χ4n) is 0.203. The van der Waals surface area contributed by atoms with Gasteiger partial charge in [-0.05, 0) is 0 Å². The van der Waals surface area contributed by atoms with Gasteiger partial charge in [0, 0.05) is 13.1 Å². The summed E-state index contributed by atoms with van der Waals surface area (Å²) in [5, 5.41) is 2.43. The maximum Gasteiger partial charge on any atom is 0.207 e. The second-order valence-corrected chi connectivity index (χ2v) is 1.03. The molecule has 42 valence electrons. The Morgan fingerprint density at radius 2 is 2.29 bits per heavy atom. The molecular weight excluding hydrogens is 94.1 g/mol. The van der Waals surface area contributed by atoms with Crippen molar-refractivity contribution < 1.29 is 4.79 Å². The van der Waals surface area contributed by atoms with Crippen molar-refractivity contribution in [2.75, 3.05) is 13.1 Å². The SMILES string of the molecule is NNCCNC=O. The van der Waals surface area contributed by atoms with E-state index in [-0.39, 0.29) is 0 Å². The second-order valence-electron chi connectivity index (χ2n) is 1.03. The predicted octanol–water partition coefficient (Wildman–Crippen LogP) is -1.80. The molecule has 0 saturated heterocycles. The number of nitrogens with two attached hydrogens (primary N) is 1. The Morgan fingerprint density at radius 3 is 2.71 bits per heavy atom. The van der Waals surface area contributed by atoms with Gasteiger partial charge < -0.3 is 5.32 Å². The van der Waals surface area contributed by atoms with Crippen molar-refractivity contribution in [3.63, 3.8) is 0 Å². The predicted molar refractivity (Wildman–Crippen MR) is 26.3 cm³/mol. The summed E-state index contributed by atoms with van der Waals surface area (Å²) in [6, 6.07) is 0. The van der Waals surface area contributed by atoms with Crippen LogP contribution >= 0.6 is 0 Å². The Labute approximate surface area is 42.0 Å². The van der Waals surface area contributed by atoms with Gasteiger partial charge in [0.2, 0.25) is 6.41 Å². The van der Waals surface area contributed by atoms with Crippen molar-refractivity contribution in [1.29, 1.82) is 0 Å². The lowest BCUT2D eigenvalue weighted by Crippen LogP contribution is -2.30. The number of nitrogens with one attached hydrogen (secondary N) is 2. The Morgan fingerprint density at radius 1 is 1.57 bits per heavy atom. The molecule has 4 nitrogen and oxygen atoms in total.